The number of nitrogens with zero attached hydrogens (tertiary/aromatic N) is 1. The van der Waals surface area contributed by atoms with Crippen molar-refractivity contribution < 1.29 is 9.90 Å². The largest absolute Gasteiger partial charge is 0.478 e. The third kappa shape index (κ3) is 4.56. The maximum atomic E-state index is 11.1. The van der Waals surface area contributed by atoms with Gasteiger partial charge in [0.1, 0.15) is 11.4 Å². The molecule has 1 heterocycles. The molecule has 0 bridgehead atoms. The summed E-state index contributed by atoms with van der Waals surface area (Å²) in [5, 5.41) is 12.3. The minimum atomic E-state index is -0.944. The van der Waals surface area contributed by atoms with Gasteiger partial charge in [0.2, 0.25) is 0 Å². The number of carboxylic acid groups (broad SMARTS) is 1. The van der Waals surface area contributed by atoms with Crippen molar-refractivity contribution in [1.82, 2.24) is 4.98 Å². The second-order valence-corrected chi connectivity index (χ2v) is 5.58. The summed E-state index contributed by atoms with van der Waals surface area (Å²) in [6.45, 7) is 6.04. The van der Waals surface area contributed by atoms with E-state index < -0.39 is 5.97 Å². The van der Waals surface area contributed by atoms with Crippen LogP contribution in [0.15, 0.2) is 12.1 Å². The molecule has 1 unspecified atom stereocenters. The van der Waals surface area contributed by atoms with Gasteiger partial charge in [0, 0.05) is 11.7 Å². The van der Waals surface area contributed by atoms with Gasteiger partial charge in [-0.15, -0.1) is 0 Å². The molecule has 0 aliphatic rings. The SMILES string of the molecule is CCSCCC(C)Nc1nc(C)ccc1C(=O)O. The number of thioether (sulfide) groups is 1. The third-order valence-corrected chi connectivity index (χ3v) is 3.48. The van der Waals surface area contributed by atoms with Gasteiger partial charge in [-0.05, 0) is 43.9 Å². The second kappa shape index (κ2) is 7.26. The Labute approximate surface area is 112 Å². The molecule has 0 aromatic carbocycles. The Morgan fingerprint density at radius 2 is 2.28 bits per heavy atom. The average Bonchev–Trinajstić information content (AvgIpc) is 2.29. The molecule has 18 heavy (non-hydrogen) atoms. The Hall–Kier alpha value is -1.23. The lowest BCUT2D eigenvalue weighted by molar-refractivity contribution is 0.0697. The molecule has 4 nitrogen and oxygen atoms in total. The van der Waals surface area contributed by atoms with Gasteiger partial charge < -0.3 is 10.4 Å². The third-order valence-electron chi connectivity index (χ3n) is 2.55. The Bertz CT molecular complexity index is 410. The number of aromatic nitrogens is 1. The van der Waals surface area contributed by atoms with E-state index in [0.29, 0.717) is 5.82 Å². The van der Waals surface area contributed by atoms with Crippen LogP contribution in [-0.4, -0.2) is 33.6 Å². The van der Waals surface area contributed by atoms with E-state index >= 15 is 0 Å². The van der Waals surface area contributed by atoms with E-state index in [0.717, 1.165) is 23.6 Å². The number of carboxylic acids is 1. The predicted molar refractivity (Wildman–Crippen MR) is 76.6 cm³/mol. The van der Waals surface area contributed by atoms with E-state index in [1.165, 1.54) is 0 Å². The van der Waals surface area contributed by atoms with Crippen molar-refractivity contribution >= 4 is 23.5 Å². The molecule has 100 valence electrons. The number of nitrogens with one attached hydrogen (secondary N) is 1. The van der Waals surface area contributed by atoms with Crippen molar-refractivity contribution in [2.75, 3.05) is 16.8 Å². The Balaban J connectivity index is 2.70. The van der Waals surface area contributed by atoms with Crippen LogP contribution in [0.3, 0.4) is 0 Å². The van der Waals surface area contributed by atoms with Crippen molar-refractivity contribution in [2.45, 2.75) is 33.2 Å². The molecule has 1 rings (SSSR count). The maximum Gasteiger partial charge on any atom is 0.339 e. The van der Waals surface area contributed by atoms with Gasteiger partial charge in [0.05, 0.1) is 0 Å². The minimum Gasteiger partial charge on any atom is -0.478 e. The molecule has 5 heteroatoms. The lowest BCUT2D eigenvalue weighted by Crippen LogP contribution is -2.19. The Kier molecular flexibility index (Phi) is 5.98. The highest BCUT2D eigenvalue weighted by Gasteiger charge is 2.13. The number of rotatable bonds is 7. The lowest BCUT2D eigenvalue weighted by Gasteiger charge is -2.16. The van der Waals surface area contributed by atoms with Crippen LogP contribution < -0.4 is 5.32 Å². The van der Waals surface area contributed by atoms with Gasteiger partial charge in [-0.3, -0.25) is 0 Å². The van der Waals surface area contributed by atoms with Gasteiger partial charge in [0.15, 0.2) is 0 Å². The number of aryl methyl sites for hydroxylation is 1. The summed E-state index contributed by atoms with van der Waals surface area (Å²) < 4.78 is 0. The van der Waals surface area contributed by atoms with Crippen LogP contribution >= 0.6 is 11.8 Å². The molecular weight excluding hydrogens is 248 g/mol. The van der Waals surface area contributed by atoms with Crippen molar-refractivity contribution in [3.05, 3.63) is 23.4 Å². The smallest absolute Gasteiger partial charge is 0.339 e. The molecule has 1 aromatic heterocycles. The van der Waals surface area contributed by atoms with E-state index in [9.17, 15) is 4.79 Å². The highest BCUT2D eigenvalue weighted by atomic mass is 32.2. The summed E-state index contributed by atoms with van der Waals surface area (Å²) in [5.74, 6) is 1.70. The Morgan fingerprint density at radius 3 is 2.89 bits per heavy atom. The highest BCUT2D eigenvalue weighted by molar-refractivity contribution is 7.99. The first kappa shape index (κ1) is 14.8. The van der Waals surface area contributed by atoms with E-state index in [2.05, 4.69) is 17.2 Å². The van der Waals surface area contributed by atoms with E-state index in [1.807, 2.05) is 25.6 Å². The fraction of sp³-hybridized carbons (Fsp3) is 0.538. The summed E-state index contributed by atoms with van der Waals surface area (Å²) >= 11 is 1.88. The highest BCUT2D eigenvalue weighted by Crippen LogP contribution is 2.16. The normalized spacial score (nSPS) is 12.2. The summed E-state index contributed by atoms with van der Waals surface area (Å²) in [7, 11) is 0. The molecule has 0 spiro atoms. The van der Waals surface area contributed by atoms with Crippen LogP contribution in [0, 0.1) is 6.92 Å². The van der Waals surface area contributed by atoms with Crippen LogP contribution in [0.2, 0.25) is 0 Å². The standard InChI is InChI=1S/C13H20N2O2S/c1-4-18-8-7-10(3)15-12-11(13(16)17)6-5-9(2)14-12/h5-6,10H,4,7-8H2,1-3H3,(H,14,15)(H,16,17). The van der Waals surface area contributed by atoms with Crippen LogP contribution in [0.4, 0.5) is 5.82 Å². The number of hydrogen-bond donors (Lipinski definition) is 2. The first-order chi connectivity index (χ1) is 8.54. The van der Waals surface area contributed by atoms with Gasteiger partial charge in [-0.2, -0.15) is 11.8 Å². The zero-order valence-corrected chi connectivity index (χ0v) is 11.9. The number of aromatic carboxylic acids is 1. The number of anilines is 1. The number of pyridine rings is 1. The molecule has 0 aliphatic carbocycles. The zero-order valence-electron chi connectivity index (χ0n) is 11.1. The lowest BCUT2D eigenvalue weighted by atomic mass is 10.2. The van der Waals surface area contributed by atoms with Gasteiger partial charge in [0.25, 0.3) is 0 Å². The van der Waals surface area contributed by atoms with E-state index in [-0.39, 0.29) is 11.6 Å². The molecule has 0 saturated carbocycles. The zero-order chi connectivity index (χ0) is 13.5. The average molecular weight is 268 g/mol. The first-order valence-electron chi connectivity index (χ1n) is 6.09. The van der Waals surface area contributed by atoms with Crippen molar-refractivity contribution in [1.29, 1.82) is 0 Å². The van der Waals surface area contributed by atoms with Crippen molar-refractivity contribution in [3.63, 3.8) is 0 Å². The molecule has 1 atom stereocenters. The minimum absolute atomic E-state index is 0.219. The van der Waals surface area contributed by atoms with E-state index in [4.69, 9.17) is 5.11 Å². The fourth-order valence-corrected chi connectivity index (χ4v) is 2.36. The first-order valence-corrected chi connectivity index (χ1v) is 7.25. The predicted octanol–water partition coefficient (Wildman–Crippen LogP) is 3.03. The van der Waals surface area contributed by atoms with Crippen LogP contribution in [0.1, 0.15) is 36.3 Å². The molecule has 2 N–H and O–H groups in total. The monoisotopic (exact) mass is 268 g/mol. The molecule has 1 aromatic rings. The quantitative estimate of drug-likeness (QED) is 0.744. The summed E-state index contributed by atoms with van der Waals surface area (Å²) in [4.78, 5) is 15.4. The van der Waals surface area contributed by atoms with E-state index in [1.54, 1.807) is 12.1 Å². The summed E-state index contributed by atoms with van der Waals surface area (Å²) in [5.41, 5.74) is 1.05. The van der Waals surface area contributed by atoms with Gasteiger partial charge in [-0.1, -0.05) is 6.92 Å². The Morgan fingerprint density at radius 1 is 1.56 bits per heavy atom. The molecule has 0 amide bonds. The number of carbonyl (C=O) groups is 1. The summed E-state index contributed by atoms with van der Waals surface area (Å²) in [6.07, 6.45) is 0.993. The van der Waals surface area contributed by atoms with Crippen LogP contribution in [0.25, 0.3) is 0 Å². The van der Waals surface area contributed by atoms with Crippen molar-refractivity contribution in [2.24, 2.45) is 0 Å². The molecule has 0 radical (unpaired) electrons. The topological polar surface area (TPSA) is 62.2 Å². The van der Waals surface area contributed by atoms with Gasteiger partial charge in [-0.25, -0.2) is 9.78 Å². The number of hydrogen-bond acceptors (Lipinski definition) is 4. The molecule has 0 aliphatic heterocycles. The van der Waals surface area contributed by atoms with Crippen molar-refractivity contribution in [3.8, 4) is 0 Å². The second-order valence-electron chi connectivity index (χ2n) is 4.18. The van der Waals surface area contributed by atoms with Crippen LogP contribution in [-0.2, 0) is 0 Å². The molecule has 0 saturated heterocycles. The fourth-order valence-electron chi connectivity index (χ4n) is 1.55. The molecular formula is C13H20N2O2S. The molecule has 0 fully saturated rings. The van der Waals surface area contributed by atoms with Crippen LogP contribution in [0.5, 0.6) is 0 Å². The van der Waals surface area contributed by atoms with Gasteiger partial charge >= 0.3 is 5.97 Å². The maximum absolute atomic E-state index is 11.1. The summed E-state index contributed by atoms with van der Waals surface area (Å²) in [6, 6.07) is 3.53.